The average molecular weight is 163 g/mol. The molecule has 0 radical (unpaired) electrons. The summed E-state index contributed by atoms with van der Waals surface area (Å²) < 4.78 is 0. The molecule has 0 unspecified atom stereocenters. The quantitative estimate of drug-likeness (QED) is 0.700. The van der Waals surface area contributed by atoms with Crippen LogP contribution in [0.3, 0.4) is 0 Å². The van der Waals surface area contributed by atoms with E-state index in [2.05, 4.69) is 9.97 Å². The highest BCUT2D eigenvalue weighted by molar-refractivity contribution is 5.25. The Morgan fingerprint density at radius 3 is 2.75 bits per heavy atom. The molecule has 1 aliphatic rings. The molecule has 1 aliphatic carbocycles. The van der Waals surface area contributed by atoms with Gasteiger partial charge in [-0.3, -0.25) is 0 Å². The fraction of sp³-hybridized carbons (Fsp3) is 0.556. The summed E-state index contributed by atoms with van der Waals surface area (Å²) in [5.41, 5.74) is 8.04. The predicted molar refractivity (Wildman–Crippen MR) is 46.7 cm³/mol. The first-order valence-corrected chi connectivity index (χ1v) is 4.26. The lowest BCUT2D eigenvalue weighted by atomic mass is 10.0. The van der Waals surface area contributed by atoms with Gasteiger partial charge >= 0.3 is 0 Å². The Morgan fingerprint density at radius 2 is 2.25 bits per heavy atom. The normalized spacial score (nSPS) is 19.2. The molecule has 12 heavy (non-hydrogen) atoms. The van der Waals surface area contributed by atoms with Gasteiger partial charge in [-0.1, -0.05) is 0 Å². The van der Waals surface area contributed by atoms with Crippen LogP contribution in [0.2, 0.25) is 0 Å². The van der Waals surface area contributed by atoms with E-state index in [0.717, 1.165) is 11.4 Å². The molecule has 1 aromatic rings. The van der Waals surface area contributed by atoms with Crippen molar-refractivity contribution in [2.75, 3.05) is 6.54 Å². The van der Waals surface area contributed by atoms with Crippen LogP contribution >= 0.6 is 0 Å². The standard InChI is InChI=1S/C9H13N3/c1-7-4-8(12-6-11-7)9(5-10)2-3-9/h4,6H,2-3,5,10H2,1H3. The van der Waals surface area contributed by atoms with Crippen LogP contribution in [0.15, 0.2) is 12.4 Å². The molecule has 2 rings (SSSR count). The smallest absolute Gasteiger partial charge is 0.115 e. The fourth-order valence-corrected chi connectivity index (χ4v) is 1.46. The largest absolute Gasteiger partial charge is 0.330 e. The van der Waals surface area contributed by atoms with Gasteiger partial charge in [-0.2, -0.15) is 0 Å². The lowest BCUT2D eigenvalue weighted by Crippen LogP contribution is -2.21. The van der Waals surface area contributed by atoms with Crippen LogP contribution in [0.4, 0.5) is 0 Å². The highest BCUT2D eigenvalue weighted by atomic mass is 14.9. The summed E-state index contributed by atoms with van der Waals surface area (Å²) in [7, 11) is 0. The lowest BCUT2D eigenvalue weighted by Gasteiger charge is -2.10. The second-order valence-electron chi connectivity index (χ2n) is 3.53. The van der Waals surface area contributed by atoms with Crippen LogP contribution in [0.25, 0.3) is 0 Å². The molecule has 0 amide bonds. The Hall–Kier alpha value is -0.960. The zero-order valence-corrected chi connectivity index (χ0v) is 7.25. The van der Waals surface area contributed by atoms with Gasteiger partial charge in [0.25, 0.3) is 0 Å². The average Bonchev–Trinajstić information content (AvgIpc) is 2.84. The highest BCUT2D eigenvalue weighted by Gasteiger charge is 2.44. The first-order valence-electron chi connectivity index (χ1n) is 4.26. The second kappa shape index (κ2) is 2.52. The molecule has 0 aromatic carbocycles. The van der Waals surface area contributed by atoms with E-state index >= 15 is 0 Å². The minimum Gasteiger partial charge on any atom is -0.330 e. The second-order valence-corrected chi connectivity index (χ2v) is 3.53. The van der Waals surface area contributed by atoms with Crippen molar-refractivity contribution < 1.29 is 0 Å². The SMILES string of the molecule is Cc1cc(C2(CN)CC2)ncn1. The topological polar surface area (TPSA) is 51.8 Å². The molecule has 64 valence electrons. The van der Waals surface area contributed by atoms with E-state index in [0.29, 0.717) is 6.54 Å². The van der Waals surface area contributed by atoms with Gasteiger partial charge in [0.05, 0.1) is 5.69 Å². The van der Waals surface area contributed by atoms with Crippen molar-refractivity contribution in [3.8, 4) is 0 Å². The molecule has 3 heteroatoms. The Kier molecular flexibility index (Phi) is 1.61. The van der Waals surface area contributed by atoms with Crippen LogP contribution in [0, 0.1) is 6.92 Å². The number of nitrogens with zero attached hydrogens (tertiary/aromatic N) is 2. The zero-order valence-electron chi connectivity index (χ0n) is 7.25. The van der Waals surface area contributed by atoms with Crippen LogP contribution < -0.4 is 5.73 Å². The van der Waals surface area contributed by atoms with Gasteiger partial charge in [0.1, 0.15) is 6.33 Å². The van der Waals surface area contributed by atoms with Crippen LogP contribution in [0.5, 0.6) is 0 Å². The summed E-state index contributed by atoms with van der Waals surface area (Å²) in [6.07, 6.45) is 3.99. The summed E-state index contributed by atoms with van der Waals surface area (Å²) in [4.78, 5) is 8.32. The molecule has 0 bridgehead atoms. The molecule has 3 nitrogen and oxygen atoms in total. The maximum absolute atomic E-state index is 5.69. The summed E-state index contributed by atoms with van der Waals surface area (Å²) >= 11 is 0. The molecule has 0 aliphatic heterocycles. The Labute approximate surface area is 72.0 Å². The molecule has 1 saturated carbocycles. The number of hydrogen-bond acceptors (Lipinski definition) is 3. The van der Waals surface area contributed by atoms with E-state index in [9.17, 15) is 0 Å². The van der Waals surface area contributed by atoms with Gasteiger partial charge < -0.3 is 5.73 Å². The van der Waals surface area contributed by atoms with E-state index in [-0.39, 0.29) is 5.41 Å². The van der Waals surface area contributed by atoms with Crippen molar-refractivity contribution in [1.29, 1.82) is 0 Å². The van der Waals surface area contributed by atoms with Crippen LogP contribution in [-0.4, -0.2) is 16.5 Å². The third-order valence-electron chi connectivity index (χ3n) is 2.59. The van der Waals surface area contributed by atoms with Gasteiger partial charge in [-0.15, -0.1) is 0 Å². The fourth-order valence-electron chi connectivity index (χ4n) is 1.46. The molecule has 1 fully saturated rings. The molecule has 0 spiro atoms. The molecular formula is C9H13N3. The minimum atomic E-state index is 0.202. The monoisotopic (exact) mass is 163 g/mol. The molecule has 1 aromatic heterocycles. The maximum atomic E-state index is 5.69. The van der Waals surface area contributed by atoms with Crippen LogP contribution in [0.1, 0.15) is 24.2 Å². The summed E-state index contributed by atoms with van der Waals surface area (Å²) in [5.74, 6) is 0. The maximum Gasteiger partial charge on any atom is 0.115 e. The van der Waals surface area contributed by atoms with Crippen molar-refractivity contribution in [1.82, 2.24) is 9.97 Å². The Morgan fingerprint density at radius 1 is 1.50 bits per heavy atom. The molecule has 2 N–H and O–H groups in total. The van der Waals surface area contributed by atoms with E-state index in [1.54, 1.807) is 6.33 Å². The number of rotatable bonds is 2. The van der Waals surface area contributed by atoms with E-state index in [1.807, 2.05) is 13.0 Å². The van der Waals surface area contributed by atoms with Gasteiger partial charge in [0.2, 0.25) is 0 Å². The highest BCUT2D eigenvalue weighted by Crippen LogP contribution is 2.46. The van der Waals surface area contributed by atoms with E-state index in [4.69, 9.17) is 5.73 Å². The predicted octanol–water partition coefficient (Wildman–Crippen LogP) is 0.775. The van der Waals surface area contributed by atoms with Crippen LogP contribution in [-0.2, 0) is 5.41 Å². The third-order valence-corrected chi connectivity index (χ3v) is 2.59. The van der Waals surface area contributed by atoms with Gasteiger partial charge in [-0.05, 0) is 25.8 Å². The Bertz CT molecular complexity index is 292. The van der Waals surface area contributed by atoms with Crippen molar-refractivity contribution in [3.05, 3.63) is 23.8 Å². The summed E-state index contributed by atoms with van der Waals surface area (Å²) in [5, 5.41) is 0. The van der Waals surface area contributed by atoms with Crippen molar-refractivity contribution in [3.63, 3.8) is 0 Å². The molecular weight excluding hydrogens is 150 g/mol. The third kappa shape index (κ3) is 1.10. The van der Waals surface area contributed by atoms with Crippen molar-refractivity contribution in [2.24, 2.45) is 5.73 Å². The van der Waals surface area contributed by atoms with E-state index in [1.165, 1.54) is 12.8 Å². The molecule has 0 saturated heterocycles. The number of aromatic nitrogens is 2. The first kappa shape index (κ1) is 7.68. The molecule has 1 heterocycles. The van der Waals surface area contributed by atoms with Crippen molar-refractivity contribution in [2.45, 2.75) is 25.2 Å². The lowest BCUT2D eigenvalue weighted by molar-refractivity contribution is 0.673. The summed E-state index contributed by atoms with van der Waals surface area (Å²) in [6.45, 7) is 2.70. The van der Waals surface area contributed by atoms with Crippen molar-refractivity contribution >= 4 is 0 Å². The zero-order chi connectivity index (χ0) is 8.60. The Balaban J connectivity index is 2.34. The number of nitrogens with two attached hydrogens (primary N) is 1. The van der Waals surface area contributed by atoms with Gasteiger partial charge in [-0.25, -0.2) is 9.97 Å². The number of aryl methyl sites for hydroxylation is 1. The molecule has 0 atom stereocenters. The minimum absolute atomic E-state index is 0.202. The van der Waals surface area contributed by atoms with E-state index < -0.39 is 0 Å². The number of hydrogen-bond donors (Lipinski definition) is 1. The van der Waals surface area contributed by atoms with Gasteiger partial charge in [0.15, 0.2) is 0 Å². The summed E-state index contributed by atoms with van der Waals surface area (Å²) in [6, 6.07) is 2.04. The first-order chi connectivity index (χ1) is 5.77. The van der Waals surface area contributed by atoms with Gasteiger partial charge in [0, 0.05) is 17.7 Å².